The largest absolute Gasteiger partial charge is 0.306 e. The molecule has 0 aliphatic heterocycles. The molecule has 3 unspecified atom stereocenters. The molecule has 0 bridgehead atoms. The Morgan fingerprint density at radius 1 is 1.24 bits per heavy atom. The van der Waals surface area contributed by atoms with Crippen molar-refractivity contribution in [2.75, 3.05) is 0 Å². The molecule has 1 aromatic rings. The Hall–Kier alpha value is -1.45. The van der Waals surface area contributed by atoms with Crippen LogP contribution in [0.25, 0.3) is 0 Å². The van der Waals surface area contributed by atoms with Crippen LogP contribution in [0.15, 0.2) is 66.8 Å². The fourth-order valence-corrected chi connectivity index (χ4v) is 2.89. The molecule has 0 saturated heterocycles. The molecule has 17 heavy (non-hydrogen) atoms. The molecule has 0 aromatic heterocycles. The molecule has 0 fully saturated rings. The van der Waals surface area contributed by atoms with E-state index in [4.69, 9.17) is 0 Å². The van der Waals surface area contributed by atoms with Gasteiger partial charge in [-0.2, -0.15) is 0 Å². The fraction of sp³-hybridized carbons (Fsp3) is 0.143. The Balaban J connectivity index is 2.37. The molecule has 1 N–H and O–H groups in total. The standard InChI is InChI=1S/C14H14O2S/c1-11-7-5-6-10-13(11)14(17(15)16)12-8-3-2-4-9-12/h2-10,13-14H,1H2,(H,15,16). The molecule has 2 rings (SSSR count). The average Bonchev–Trinajstić information content (AvgIpc) is 2.33. The number of hydrogen-bond acceptors (Lipinski definition) is 1. The topological polar surface area (TPSA) is 37.3 Å². The molecule has 0 radical (unpaired) electrons. The maximum atomic E-state index is 11.6. The molecule has 0 saturated carbocycles. The van der Waals surface area contributed by atoms with Crippen LogP contribution >= 0.6 is 0 Å². The lowest BCUT2D eigenvalue weighted by Gasteiger charge is -2.24. The quantitative estimate of drug-likeness (QED) is 0.831. The summed E-state index contributed by atoms with van der Waals surface area (Å²) < 4.78 is 21.1. The first-order valence-corrected chi connectivity index (χ1v) is 6.55. The van der Waals surface area contributed by atoms with Gasteiger partial charge in [-0.25, -0.2) is 4.21 Å². The second kappa shape index (κ2) is 5.25. The van der Waals surface area contributed by atoms with Crippen molar-refractivity contribution in [1.29, 1.82) is 0 Å². The zero-order valence-corrected chi connectivity index (χ0v) is 10.1. The third-order valence-electron chi connectivity index (χ3n) is 2.84. The maximum Gasteiger partial charge on any atom is 0.161 e. The summed E-state index contributed by atoms with van der Waals surface area (Å²) in [5, 5.41) is -0.454. The van der Waals surface area contributed by atoms with Gasteiger partial charge in [0.25, 0.3) is 0 Å². The van der Waals surface area contributed by atoms with Crippen LogP contribution in [-0.2, 0) is 11.1 Å². The molecule has 3 heteroatoms. The zero-order valence-electron chi connectivity index (χ0n) is 9.32. The Bertz CT molecular complexity index is 488. The Morgan fingerprint density at radius 3 is 2.53 bits per heavy atom. The summed E-state index contributed by atoms with van der Waals surface area (Å²) in [5.74, 6) is -0.117. The smallest absolute Gasteiger partial charge is 0.161 e. The summed E-state index contributed by atoms with van der Waals surface area (Å²) in [7, 11) is 0. The van der Waals surface area contributed by atoms with Gasteiger partial charge < -0.3 is 4.55 Å². The lowest BCUT2D eigenvalue weighted by Crippen LogP contribution is -2.18. The number of hydrogen-bond donors (Lipinski definition) is 1. The lowest BCUT2D eigenvalue weighted by molar-refractivity contribution is 0.535. The second-order valence-electron chi connectivity index (χ2n) is 3.95. The normalized spacial score (nSPS) is 22.4. The van der Waals surface area contributed by atoms with Crippen LogP contribution in [0.1, 0.15) is 10.8 Å². The summed E-state index contributed by atoms with van der Waals surface area (Å²) in [4.78, 5) is 0. The zero-order chi connectivity index (χ0) is 12.3. The van der Waals surface area contributed by atoms with Gasteiger partial charge in [0, 0.05) is 5.92 Å². The molecular formula is C14H14O2S. The minimum Gasteiger partial charge on any atom is -0.306 e. The van der Waals surface area contributed by atoms with Crippen molar-refractivity contribution >= 4 is 11.1 Å². The Morgan fingerprint density at radius 2 is 1.94 bits per heavy atom. The predicted octanol–water partition coefficient (Wildman–Crippen LogP) is 3.25. The summed E-state index contributed by atoms with van der Waals surface area (Å²) in [6, 6.07) is 9.39. The van der Waals surface area contributed by atoms with E-state index >= 15 is 0 Å². The maximum absolute atomic E-state index is 11.6. The molecule has 0 amide bonds. The SMILES string of the molecule is C=C1C=CC=CC1C(c1ccccc1)S(=O)O. The van der Waals surface area contributed by atoms with Crippen LogP contribution in [0, 0.1) is 5.92 Å². The molecule has 88 valence electrons. The highest BCUT2D eigenvalue weighted by molar-refractivity contribution is 7.79. The summed E-state index contributed by atoms with van der Waals surface area (Å²) in [6.45, 7) is 3.94. The highest BCUT2D eigenvalue weighted by Gasteiger charge is 2.28. The molecule has 2 nitrogen and oxygen atoms in total. The molecule has 1 aromatic carbocycles. The molecule has 1 aliphatic carbocycles. The van der Waals surface area contributed by atoms with Crippen LogP contribution < -0.4 is 0 Å². The van der Waals surface area contributed by atoms with E-state index in [1.54, 1.807) is 0 Å². The minimum atomic E-state index is -1.92. The van der Waals surface area contributed by atoms with E-state index in [0.717, 1.165) is 11.1 Å². The van der Waals surface area contributed by atoms with E-state index in [1.165, 1.54) is 0 Å². The summed E-state index contributed by atoms with van der Waals surface area (Å²) in [6.07, 6.45) is 7.59. The average molecular weight is 246 g/mol. The molecule has 0 heterocycles. The van der Waals surface area contributed by atoms with Crippen LogP contribution in [0.5, 0.6) is 0 Å². The molecular weight excluding hydrogens is 232 g/mol. The monoisotopic (exact) mass is 246 g/mol. The van der Waals surface area contributed by atoms with E-state index in [0.29, 0.717) is 0 Å². The number of allylic oxidation sites excluding steroid dienone is 5. The van der Waals surface area contributed by atoms with Crippen molar-refractivity contribution in [3.8, 4) is 0 Å². The van der Waals surface area contributed by atoms with Gasteiger partial charge in [-0.15, -0.1) is 0 Å². The Kier molecular flexibility index (Phi) is 3.71. The van der Waals surface area contributed by atoms with Crippen LogP contribution in [0.3, 0.4) is 0 Å². The number of benzene rings is 1. The van der Waals surface area contributed by atoms with Crippen LogP contribution in [0.4, 0.5) is 0 Å². The van der Waals surface area contributed by atoms with Crippen molar-refractivity contribution in [3.63, 3.8) is 0 Å². The first-order valence-electron chi connectivity index (χ1n) is 5.38. The van der Waals surface area contributed by atoms with Crippen LogP contribution in [-0.4, -0.2) is 8.76 Å². The van der Waals surface area contributed by atoms with Gasteiger partial charge in [0.05, 0.1) is 5.25 Å². The minimum absolute atomic E-state index is 0.117. The van der Waals surface area contributed by atoms with E-state index < -0.39 is 16.3 Å². The first kappa shape index (κ1) is 12.0. The van der Waals surface area contributed by atoms with Crippen molar-refractivity contribution < 1.29 is 8.76 Å². The third-order valence-corrected chi connectivity index (χ3v) is 3.84. The Labute approximate surface area is 104 Å². The van der Waals surface area contributed by atoms with Gasteiger partial charge >= 0.3 is 0 Å². The number of rotatable bonds is 3. The van der Waals surface area contributed by atoms with Gasteiger partial charge in [0.15, 0.2) is 11.1 Å². The summed E-state index contributed by atoms with van der Waals surface area (Å²) in [5.41, 5.74) is 1.73. The van der Waals surface area contributed by atoms with Gasteiger partial charge in [0.1, 0.15) is 0 Å². The van der Waals surface area contributed by atoms with Crippen molar-refractivity contribution in [3.05, 3.63) is 72.4 Å². The second-order valence-corrected chi connectivity index (χ2v) is 5.01. The van der Waals surface area contributed by atoms with Gasteiger partial charge in [-0.1, -0.05) is 61.2 Å². The van der Waals surface area contributed by atoms with Gasteiger partial charge in [0.2, 0.25) is 0 Å². The predicted molar refractivity (Wildman–Crippen MR) is 70.9 cm³/mol. The van der Waals surface area contributed by atoms with E-state index in [2.05, 4.69) is 6.58 Å². The highest BCUT2D eigenvalue weighted by Crippen LogP contribution is 2.34. The summed E-state index contributed by atoms with van der Waals surface area (Å²) >= 11 is -1.92. The van der Waals surface area contributed by atoms with E-state index in [9.17, 15) is 8.76 Å². The van der Waals surface area contributed by atoms with Gasteiger partial charge in [-0.05, 0) is 11.1 Å². The third kappa shape index (κ3) is 2.62. The van der Waals surface area contributed by atoms with Crippen molar-refractivity contribution in [1.82, 2.24) is 0 Å². The van der Waals surface area contributed by atoms with Crippen molar-refractivity contribution in [2.24, 2.45) is 5.92 Å². The van der Waals surface area contributed by atoms with Gasteiger partial charge in [-0.3, -0.25) is 0 Å². The highest BCUT2D eigenvalue weighted by atomic mass is 32.2. The fourth-order valence-electron chi connectivity index (χ4n) is 1.98. The molecule has 0 spiro atoms. The molecule has 1 aliphatic rings. The molecule has 3 atom stereocenters. The van der Waals surface area contributed by atoms with Crippen LogP contribution in [0.2, 0.25) is 0 Å². The van der Waals surface area contributed by atoms with Crippen molar-refractivity contribution in [2.45, 2.75) is 5.25 Å². The van der Waals surface area contributed by atoms with E-state index in [-0.39, 0.29) is 5.92 Å². The first-order chi connectivity index (χ1) is 8.20. The lowest BCUT2D eigenvalue weighted by atomic mass is 9.89. The van der Waals surface area contributed by atoms with E-state index in [1.807, 2.05) is 54.6 Å².